The highest BCUT2D eigenvalue weighted by Gasteiger charge is 2.19. The maximum Gasteiger partial charge on any atom is 0.230 e. The number of rotatable bonds is 7. The lowest BCUT2D eigenvalue weighted by Gasteiger charge is -2.16. The van der Waals surface area contributed by atoms with Crippen LogP contribution in [-0.2, 0) is 4.79 Å². The molecule has 2 heterocycles. The van der Waals surface area contributed by atoms with Gasteiger partial charge in [-0.25, -0.2) is 4.68 Å². The van der Waals surface area contributed by atoms with Crippen LogP contribution < -0.4 is 10.1 Å². The Balaban J connectivity index is 1.52. The van der Waals surface area contributed by atoms with E-state index < -0.39 is 0 Å². The second-order valence-electron chi connectivity index (χ2n) is 7.46. The van der Waals surface area contributed by atoms with Crippen molar-refractivity contribution >= 4 is 17.7 Å². The summed E-state index contributed by atoms with van der Waals surface area (Å²) in [6.07, 6.45) is 11.0. The maximum atomic E-state index is 12.5. The van der Waals surface area contributed by atoms with Crippen molar-refractivity contribution in [3.63, 3.8) is 0 Å². The van der Waals surface area contributed by atoms with Crippen LogP contribution in [0.15, 0.2) is 53.9 Å². The first-order valence-electron chi connectivity index (χ1n) is 10.4. The maximum absolute atomic E-state index is 12.5. The summed E-state index contributed by atoms with van der Waals surface area (Å²) in [5.74, 6) is 1.81. The predicted octanol–water partition coefficient (Wildman–Crippen LogP) is 4.00. The Morgan fingerprint density at radius 3 is 2.63 bits per heavy atom. The quantitative estimate of drug-likeness (QED) is 0.458. The molecule has 0 aliphatic heterocycles. The number of hydrogen-bond donors (Lipinski definition) is 1. The summed E-state index contributed by atoms with van der Waals surface area (Å²) in [6.45, 7) is 0. The van der Waals surface area contributed by atoms with E-state index in [1.54, 1.807) is 7.11 Å². The van der Waals surface area contributed by atoms with Gasteiger partial charge in [0, 0.05) is 24.0 Å². The fraction of sp³-hybridized carbons (Fsp3) is 0.409. The third-order valence-electron chi connectivity index (χ3n) is 5.31. The molecular formula is C22H27N5O2S. The SMILES string of the molecule is COc1cccc(-c2nnc(SCC(=O)NC3CCCCCC3)n2-n2cccc2)c1. The highest BCUT2D eigenvalue weighted by Crippen LogP contribution is 2.27. The van der Waals surface area contributed by atoms with Crippen molar-refractivity contribution in [2.24, 2.45) is 0 Å². The van der Waals surface area contributed by atoms with Gasteiger partial charge in [-0.15, -0.1) is 10.2 Å². The van der Waals surface area contributed by atoms with E-state index in [9.17, 15) is 4.79 Å². The minimum Gasteiger partial charge on any atom is -0.497 e. The van der Waals surface area contributed by atoms with E-state index in [-0.39, 0.29) is 5.91 Å². The van der Waals surface area contributed by atoms with Crippen molar-refractivity contribution in [2.75, 3.05) is 12.9 Å². The number of benzene rings is 1. The molecular weight excluding hydrogens is 398 g/mol. The third kappa shape index (κ3) is 4.87. The summed E-state index contributed by atoms with van der Waals surface area (Å²) in [6, 6.07) is 11.9. The van der Waals surface area contributed by atoms with Crippen LogP contribution in [0.4, 0.5) is 0 Å². The lowest BCUT2D eigenvalue weighted by Crippen LogP contribution is -2.35. The monoisotopic (exact) mass is 425 g/mol. The Hall–Kier alpha value is -2.74. The second-order valence-corrected chi connectivity index (χ2v) is 8.40. The number of thioether (sulfide) groups is 1. The number of amides is 1. The minimum atomic E-state index is 0.0527. The van der Waals surface area contributed by atoms with E-state index in [1.807, 2.05) is 58.1 Å². The fourth-order valence-electron chi connectivity index (χ4n) is 3.79. The van der Waals surface area contributed by atoms with Crippen LogP contribution in [0.5, 0.6) is 5.75 Å². The zero-order valence-electron chi connectivity index (χ0n) is 17.2. The number of aromatic nitrogens is 4. The highest BCUT2D eigenvalue weighted by atomic mass is 32.2. The standard InChI is InChI=1S/C22H27N5O2S/c1-29-19-12-8-9-17(15-19)21-24-25-22(27(21)26-13-6-7-14-26)30-16-20(28)23-18-10-4-2-3-5-11-18/h6-9,12-15,18H,2-5,10-11,16H2,1H3,(H,23,28). The van der Waals surface area contributed by atoms with Crippen LogP contribution in [-0.4, -0.2) is 44.4 Å². The number of hydrogen-bond acceptors (Lipinski definition) is 5. The zero-order valence-corrected chi connectivity index (χ0v) is 18.0. The molecule has 158 valence electrons. The summed E-state index contributed by atoms with van der Waals surface area (Å²) < 4.78 is 9.18. The normalized spacial score (nSPS) is 15.0. The van der Waals surface area contributed by atoms with E-state index in [1.165, 1.54) is 37.4 Å². The first-order valence-corrected chi connectivity index (χ1v) is 11.4. The first-order chi connectivity index (χ1) is 14.7. The summed E-state index contributed by atoms with van der Waals surface area (Å²) in [7, 11) is 1.64. The molecule has 30 heavy (non-hydrogen) atoms. The number of carbonyl (C=O) groups excluding carboxylic acids is 1. The Morgan fingerprint density at radius 1 is 1.13 bits per heavy atom. The van der Waals surface area contributed by atoms with Gasteiger partial charge in [0.15, 0.2) is 5.82 Å². The van der Waals surface area contributed by atoms with Gasteiger partial charge in [0.2, 0.25) is 11.1 Å². The van der Waals surface area contributed by atoms with E-state index in [0.717, 1.165) is 24.2 Å². The molecule has 1 N–H and O–H groups in total. The van der Waals surface area contributed by atoms with Gasteiger partial charge in [-0.3, -0.25) is 9.47 Å². The molecule has 8 heteroatoms. The predicted molar refractivity (Wildman–Crippen MR) is 118 cm³/mol. The molecule has 7 nitrogen and oxygen atoms in total. The van der Waals surface area contributed by atoms with Crippen molar-refractivity contribution in [2.45, 2.75) is 49.7 Å². The van der Waals surface area contributed by atoms with E-state index in [4.69, 9.17) is 4.74 Å². The highest BCUT2D eigenvalue weighted by molar-refractivity contribution is 7.99. The molecule has 0 bridgehead atoms. The van der Waals surface area contributed by atoms with Crippen LogP contribution in [0.1, 0.15) is 38.5 Å². The Kier molecular flexibility index (Phi) is 6.74. The Morgan fingerprint density at radius 2 is 1.90 bits per heavy atom. The van der Waals surface area contributed by atoms with Gasteiger partial charge in [0.05, 0.1) is 12.9 Å². The first kappa shape index (κ1) is 20.5. The van der Waals surface area contributed by atoms with E-state index in [0.29, 0.717) is 22.8 Å². The van der Waals surface area contributed by atoms with E-state index in [2.05, 4.69) is 15.5 Å². The van der Waals surface area contributed by atoms with Crippen LogP contribution in [0.25, 0.3) is 11.4 Å². The average Bonchev–Trinajstić information content (AvgIpc) is 3.37. The van der Waals surface area contributed by atoms with Gasteiger partial charge >= 0.3 is 0 Å². The topological polar surface area (TPSA) is 74.0 Å². The molecule has 1 aliphatic rings. The summed E-state index contributed by atoms with van der Waals surface area (Å²) in [5, 5.41) is 12.6. The largest absolute Gasteiger partial charge is 0.497 e. The fourth-order valence-corrected chi connectivity index (χ4v) is 4.53. The Labute approximate surface area is 180 Å². The van der Waals surface area contributed by atoms with E-state index >= 15 is 0 Å². The lowest BCUT2D eigenvalue weighted by atomic mass is 10.1. The number of ether oxygens (including phenoxy) is 1. The van der Waals surface area contributed by atoms with Gasteiger partial charge in [0.1, 0.15) is 5.75 Å². The molecule has 4 rings (SSSR count). The molecule has 1 aliphatic carbocycles. The van der Waals surface area contributed by atoms with Gasteiger partial charge in [-0.2, -0.15) is 0 Å². The van der Waals surface area contributed by atoms with Crippen molar-refractivity contribution in [1.82, 2.24) is 24.9 Å². The van der Waals surface area contributed by atoms with Crippen molar-refractivity contribution < 1.29 is 9.53 Å². The molecule has 0 spiro atoms. The molecule has 3 aromatic rings. The van der Waals surface area contributed by atoms with Gasteiger partial charge in [0.25, 0.3) is 0 Å². The third-order valence-corrected chi connectivity index (χ3v) is 6.23. The summed E-state index contributed by atoms with van der Waals surface area (Å²) in [5.41, 5.74) is 0.894. The Bertz CT molecular complexity index is 962. The lowest BCUT2D eigenvalue weighted by molar-refractivity contribution is -0.119. The van der Waals surface area contributed by atoms with Gasteiger partial charge in [-0.1, -0.05) is 49.6 Å². The van der Waals surface area contributed by atoms with Gasteiger partial charge < -0.3 is 10.1 Å². The van der Waals surface area contributed by atoms with Crippen molar-refractivity contribution in [3.05, 3.63) is 48.8 Å². The van der Waals surface area contributed by atoms with Crippen LogP contribution in [0, 0.1) is 0 Å². The van der Waals surface area contributed by atoms with Crippen LogP contribution in [0.3, 0.4) is 0 Å². The number of nitrogens with one attached hydrogen (secondary N) is 1. The number of carbonyl (C=O) groups is 1. The zero-order chi connectivity index (χ0) is 20.8. The molecule has 1 saturated carbocycles. The van der Waals surface area contributed by atoms with Crippen LogP contribution >= 0.6 is 11.8 Å². The van der Waals surface area contributed by atoms with Crippen LogP contribution in [0.2, 0.25) is 0 Å². The smallest absolute Gasteiger partial charge is 0.230 e. The molecule has 1 amide bonds. The molecule has 0 atom stereocenters. The summed E-state index contributed by atoms with van der Waals surface area (Å²) in [4.78, 5) is 12.5. The molecule has 0 saturated heterocycles. The molecule has 1 aromatic carbocycles. The average molecular weight is 426 g/mol. The number of nitrogens with zero attached hydrogens (tertiary/aromatic N) is 4. The summed E-state index contributed by atoms with van der Waals surface area (Å²) >= 11 is 1.40. The van der Waals surface area contributed by atoms with Crippen molar-refractivity contribution in [1.29, 1.82) is 0 Å². The molecule has 0 unspecified atom stereocenters. The molecule has 2 aromatic heterocycles. The molecule has 1 fully saturated rings. The van der Waals surface area contributed by atoms with Gasteiger partial charge in [-0.05, 0) is 37.1 Å². The minimum absolute atomic E-state index is 0.0527. The molecule has 0 radical (unpaired) electrons. The second kappa shape index (κ2) is 9.84. The number of methoxy groups -OCH3 is 1. The van der Waals surface area contributed by atoms with Crippen molar-refractivity contribution in [3.8, 4) is 17.1 Å².